The standard InChI is InChI=1S/C19H24N2O3/c1-13-10-17(18(23)20-11-19(12-22)8-9-19)14(2)21(13)15-4-6-16(24-3)7-5-15/h4-7,10,22H,8-9,11-12H2,1-3H3,(H,20,23). The lowest BCUT2D eigenvalue weighted by Crippen LogP contribution is -2.32. The number of ether oxygens (including phenoxy) is 1. The maximum atomic E-state index is 12.5. The third kappa shape index (κ3) is 3.04. The predicted octanol–water partition coefficient (Wildman–Crippen LogP) is 2.61. The molecule has 0 radical (unpaired) electrons. The highest BCUT2D eigenvalue weighted by Crippen LogP contribution is 2.44. The van der Waals surface area contributed by atoms with Gasteiger partial charge in [-0.05, 0) is 57.0 Å². The van der Waals surface area contributed by atoms with Crippen LogP contribution >= 0.6 is 0 Å². The average Bonchev–Trinajstić information content (AvgIpc) is 3.32. The predicted molar refractivity (Wildman–Crippen MR) is 92.9 cm³/mol. The van der Waals surface area contributed by atoms with Gasteiger partial charge in [0, 0.05) is 29.0 Å². The van der Waals surface area contributed by atoms with E-state index in [1.54, 1.807) is 7.11 Å². The Morgan fingerprint density at radius 2 is 1.96 bits per heavy atom. The van der Waals surface area contributed by atoms with Crippen molar-refractivity contribution in [3.63, 3.8) is 0 Å². The number of aryl methyl sites for hydroxylation is 1. The van der Waals surface area contributed by atoms with Gasteiger partial charge in [0.05, 0.1) is 19.3 Å². The van der Waals surface area contributed by atoms with Crippen LogP contribution in [0, 0.1) is 19.3 Å². The van der Waals surface area contributed by atoms with Crippen molar-refractivity contribution in [2.45, 2.75) is 26.7 Å². The van der Waals surface area contributed by atoms with Crippen molar-refractivity contribution in [1.82, 2.24) is 9.88 Å². The maximum Gasteiger partial charge on any atom is 0.253 e. The van der Waals surface area contributed by atoms with Crippen LogP contribution in [0.5, 0.6) is 5.75 Å². The second-order valence-corrected chi connectivity index (χ2v) is 6.66. The zero-order valence-electron chi connectivity index (χ0n) is 14.4. The van der Waals surface area contributed by atoms with Gasteiger partial charge in [0.2, 0.25) is 0 Å². The molecule has 1 saturated carbocycles. The molecule has 0 atom stereocenters. The molecule has 5 nitrogen and oxygen atoms in total. The van der Waals surface area contributed by atoms with E-state index in [-0.39, 0.29) is 17.9 Å². The van der Waals surface area contributed by atoms with Gasteiger partial charge in [-0.3, -0.25) is 4.79 Å². The minimum Gasteiger partial charge on any atom is -0.497 e. The molecule has 1 aromatic heterocycles. The molecule has 2 N–H and O–H groups in total. The molecule has 128 valence electrons. The zero-order valence-corrected chi connectivity index (χ0v) is 14.4. The molecule has 0 aliphatic heterocycles. The molecule has 24 heavy (non-hydrogen) atoms. The number of carbonyl (C=O) groups is 1. The van der Waals surface area contributed by atoms with E-state index in [0.29, 0.717) is 12.1 Å². The lowest BCUT2D eigenvalue weighted by atomic mass is 10.1. The Hall–Kier alpha value is -2.27. The SMILES string of the molecule is COc1ccc(-n2c(C)cc(C(=O)NCC3(CO)CC3)c2C)cc1. The largest absolute Gasteiger partial charge is 0.497 e. The van der Waals surface area contributed by atoms with Gasteiger partial charge in [-0.1, -0.05) is 0 Å². The van der Waals surface area contributed by atoms with E-state index < -0.39 is 0 Å². The highest BCUT2D eigenvalue weighted by Gasteiger charge is 2.42. The average molecular weight is 328 g/mol. The molecular weight excluding hydrogens is 304 g/mol. The summed E-state index contributed by atoms with van der Waals surface area (Å²) >= 11 is 0. The van der Waals surface area contributed by atoms with E-state index in [1.165, 1.54) is 0 Å². The second kappa shape index (κ2) is 6.32. The van der Waals surface area contributed by atoms with Crippen LogP contribution in [0.1, 0.15) is 34.6 Å². The highest BCUT2D eigenvalue weighted by atomic mass is 16.5. The van der Waals surface area contributed by atoms with Crippen LogP contribution in [0.25, 0.3) is 5.69 Å². The second-order valence-electron chi connectivity index (χ2n) is 6.66. The van der Waals surface area contributed by atoms with Gasteiger partial charge in [0.1, 0.15) is 5.75 Å². The molecule has 5 heteroatoms. The van der Waals surface area contributed by atoms with Crippen molar-refractivity contribution in [2.75, 3.05) is 20.3 Å². The Balaban J connectivity index is 1.81. The smallest absolute Gasteiger partial charge is 0.253 e. The van der Waals surface area contributed by atoms with E-state index in [1.807, 2.05) is 44.2 Å². The Labute approximate surface area is 142 Å². The number of amides is 1. The van der Waals surface area contributed by atoms with Gasteiger partial charge < -0.3 is 19.7 Å². The molecule has 1 aliphatic carbocycles. The Bertz CT molecular complexity index is 743. The molecule has 1 heterocycles. The number of aliphatic hydroxyl groups excluding tert-OH is 1. The fourth-order valence-electron chi connectivity index (χ4n) is 3.05. The number of hydrogen-bond donors (Lipinski definition) is 2. The summed E-state index contributed by atoms with van der Waals surface area (Å²) in [5.74, 6) is 0.723. The molecule has 1 aromatic carbocycles. The van der Waals surface area contributed by atoms with E-state index in [9.17, 15) is 9.90 Å². The molecule has 0 unspecified atom stereocenters. The van der Waals surface area contributed by atoms with Gasteiger partial charge in [0.15, 0.2) is 0 Å². The number of rotatable bonds is 6. The van der Waals surface area contributed by atoms with Crippen molar-refractivity contribution >= 4 is 5.91 Å². The summed E-state index contributed by atoms with van der Waals surface area (Å²) in [6.07, 6.45) is 1.96. The number of aliphatic hydroxyl groups is 1. The number of nitrogens with one attached hydrogen (secondary N) is 1. The lowest BCUT2D eigenvalue weighted by molar-refractivity contribution is 0.0934. The fraction of sp³-hybridized carbons (Fsp3) is 0.421. The first-order chi connectivity index (χ1) is 11.5. The van der Waals surface area contributed by atoms with Crippen LogP contribution in [-0.2, 0) is 0 Å². The van der Waals surface area contributed by atoms with Crippen LogP contribution in [0.3, 0.4) is 0 Å². The van der Waals surface area contributed by atoms with Gasteiger partial charge in [-0.15, -0.1) is 0 Å². The summed E-state index contributed by atoms with van der Waals surface area (Å²) < 4.78 is 7.26. The van der Waals surface area contributed by atoms with Crippen molar-refractivity contribution in [3.05, 3.63) is 47.3 Å². The molecule has 0 bridgehead atoms. The number of methoxy groups -OCH3 is 1. The van der Waals surface area contributed by atoms with E-state index in [2.05, 4.69) is 9.88 Å². The Morgan fingerprint density at radius 1 is 1.29 bits per heavy atom. The number of aromatic nitrogens is 1. The molecule has 1 fully saturated rings. The van der Waals surface area contributed by atoms with Crippen LogP contribution in [-0.4, -0.2) is 35.8 Å². The van der Waals surface area contributed by atoms with Crippen molar-refractivity contribution in [2.24, 2.45) is 5.41 Å². The maximum absolute atomic E-state index is 12.5. The first kappa shape index (κ1) is 16.6. The first-order valence-corrected chi connectivity index (χ1v) is 8.22. The first-order valence-electron chi connectivity index (χ1n) is 8.22. The topological polar surface area (TPSA) is 63.5 Å². The quantitative estimate of drug-likeness (QED) is 0.857. The number of hydrogen-bond acceptors (Lipinski definition) is 3. The Kier molecular flexibility index (Phi) is 4.37. The summed E-state index contributed by atoms with van der Waals surface area (Å²) in [4.78, 5) is 12.5. The van der Waals surface area contributed by atoms with Crippen LogP contribution in [0.15, 0.2) is 30.3 Å². The normalized spacial score (nSPS) is 15.2. The zero-order chi connectivity index (χ0) is 17.3. The van der Waals surface area contributed by atoms with Gasteiger partial charge in [-0.25, -0.2) is 0 Å². The number of nitrogens with zero attached hydrogens (tertiary/aromatic N) is 1. The molecular formula is C19H24N2O3. The number of benzene rings is 1. The van der Waals surface area contributed by atoms with E-state index in [0.717, 1.165) is 35.7 Å². The summed E-state index contributed by atoms with van der Waals surface area (Å²) in [7, 11) is 1.64. The van der Waals surface area contributed by atoms with Crippen molar-refractivity contribution < 1.29 is 14.6 Å². The van der Waals surface area contributed by atoms with Gasteiger partial charge in [0.25, 0.3) is 5.91 Å². The summed E-state index contributed by atoms with van der Waals surface area (Å²) in [6.45, 7) is 4.61. The van der Waals surface area contributed by atoms with Crippen LogP contribution < -0.4 is 10.1 Å². The highest BCUT2D eigenvalue weighted by molar-refractivity contribution is 5.96. The van der Waals surface area contributed by atoms with Crippen LogP contribution in [0.4, 0.5) is 0 Å². The number of carbonyl (C=O) groups excluding carboxylic acids is 1. The summed E-state index contributed by atoms with van der Waals surface area (Å²) in [6, 6.07) is 9.68. The summed E-state index contributed by atoms with van der Waals surface area (Å²) in [5, 5.41) is 12.3. The third-order valence-electron chi connectivity index (χ3n) is 4.92. The summed E-state index contributed by atoms with van der Waals surface area (Å²) in [5.41, 5.74) is 3.50. The molecule has 2 aromatic rings. The van der Waals surface area contributed by atoms with Gasteiger partial charge in [-0.2, -0.15) is 0 Å². The van der Waals surface area contributed by atoms with Crippen molar-refractivity contribution in [3.8, 4) is 11.4 Å². The lowest BCUT2D eigenvalue weighted by Gasteiger charge is -2.13. The molecule has 3 rings (SSSR count). The van der Waals surface area contributed by atoms with E-state index in [4.69, 9.17) is 4.74 Å². The third-order valence-corrected chi connectivity index (χ3v) is 4.92. The van der Waals surface area contributed by atoms with Gasteiger partial charge >= 0.3 is 0 Å². The Morgan fingerprint density at radius 3 is 2.50 bits per heavy atom. The monoisotopic (exact) mass is 328 g/mol. The molecule has 1 aliphatic rings. The fourth-order valence-corrected chi connectivity index (χ4v) is 3.05. The molecule has 0 saturated heterocycles. The molecule has 0 spiro atoms. The molecule has 1 amide bonds. The minimum absolute atomic E-state index is 0.0809. The van der Waals surface area contributed by atoms with Crippen LogP contribution in [0.2, 0.25) is 0 Å². The van der Waals surface area contributed by atoms with Crippen molar-refractivity contribution in [1.29, 1.82) is 0 Å². The minimum atomic E-state index is -0.0862. The van der Waals surface area contributed by atoms with E-state index >= 15 is 0 Å².